The summed E-state index contributed by atoms with van der Waals surface area (Å²) >= 11 is 0. The van der Waals surface area contributed by atoms with Gasteiger partial charge in [-0.25, -0.2) is 0 Å². The van der Waals surface area contributed by atoms with Crippen molar-refractivity contribution >= 4 is 0 Å². The Morgan fingerprint density at radius 2 is 1.87 bits per heavy atom. The molecule has 0 bridgehead atoms. The summed E-state index contributed by atoms with van der Waals surface area (Å²) in [5.74, 6) is 1.34. The van der Waals surface area contributed by atoms with Crippen LogP contribution in [0, 0.1) is 5.92 Å². The first-order valence-corrected chi connectivity index (χ1v) is 8.32. The van der Waals surface area contributed by atoms with Crippen molar-refractivity contribution in [1.29, 1.82) is 0 Å². The number of rotatable bonds is 5. The van der Waals surface area contributed by atoms with Gasteiger partial charge < -0.3 is 14.7 Å². The molecule has 3 rings (SSSR count). The van der Waals surface area contributed by atoms with Gasteiger partial charge in [-0.2, -0.15) is 0 Å². The van der Waals surface area contributed by atoms with E-state index in [1.807, 2.05) is 12.1 Å². The number of ether oxygens (including phenoxy) is 1. The van der Waals surface area contributed by atoms with E-state index < -0.39 is 0 Å². The van der Waals surface area contributed by atoms with E-state index in [0.717, 1.165) is 31.4 Å². The minimum atomic E-state index is 0.0131. The van der Waals surface area contributed by atoms with Crippen LogP contribution in [0.2, 0.25) is 0 Å². The Kier molecular flexibility index (Phi) is 4.87. The Labute approximate surface area is 138 Å². The van der Waals surface area contributed by atoms with E-state index in [9.17, 15) is 5.11 Å². The molecule has 0 fully saturated rings. The highest BCUT2D eigenvalue weighted by Crippen LogP contribution is 2.44. The molecular formula is C20H25NO2. The lowest BCUT2D eigenvalue weighted by Crippen LogP contribution is -2.27. The summed E-state index contributed by atoms with van der Waals surface area (Å²) < 4.78 is 6.26. The Morgan fingerprint density at radius 1 is 1.09 bits per heavy atom. The standard InChI is InChI=1S/C20H25NO2/c1-21(2)13-7-11-16-14-17-10-6-12-18(22)20(17)23-19(16)15-8-4-3-5-9-15/h3-6,8-10,12,16,19,22H,7,11,13-14H2,1-2H3. The van der Waals surface area contributed by atoms with E-state index in [2.05, 4.69) is 49.3 Å². The molecule has 2 aromatic rings. The molecule has 1 N–H and O–H groups in total. The first-order chi connectivity index (χ1) is 11.1. The number of benzene rings is 2. The monoisotopic (exact) mass is 311 g/mol. The van der Waals surface area contributed by atoms with Crippen molar-refractivity contribution in [3.05, 3.63) is 59.7 Å². The van der Waals surface area contributed by atoms with E-state index in [4.69, 9.17) is 4.74 Å². The molecule has 3 nitrogen and oxygen atoms in total. The lowest BCUT2D eigenvalue weighted by atomic mass is 9.84. The summed E-state index contributed by atoms with van der Waals surface area (Å²) in [5.41, 5.74) is 2.31. The summed E-state index contributed by atoms with van der Waals surface area (Å²) in [6.07, 6.45) is 3.24. The van der Waals surface area contributed by atoms with E-state index in [-0.39, 0.29) is 11.9 Å². The predicted molar refractivity (Wildman–Crippen MR) is 92.9 cm³/mol. The molecule has 0 aromatic heterocycles. The SMILES string of the molecule is CN(C)CCCC1Cc2cccc(O)c2OC1c1ccccc1. The Balaban J connectivity index is 1.85. The quantitative estimate of drug-likeness (QED) is 0.905. The maximum absolute atomic E-state index is 10.1. The topological polar surface area (TPSA) is 32.7 Å². The summed E-state index contributed by atoms with van der Waals surface area (Å²) in [6.45, 7) is 1.09. The van der Waals surface area contributed by atoms with Crippen LogP contribution in [0.15, 0.2) is 48.5 Å². The van der Waals surface area contributed by atoms with Gasteiger partial charge in [0.15, 0.2) is 11.5 Å². The van der Waals surface area contributed by atoms with Gasteiger partial charge in [-0.15, -0.1) is 0 Å². The smallest absolute Gasteiger partial charge is 0.165 e. The van der Waals surface area contributed by atoms with E-state index >= 15 is 0 Å². The van der Waals surface area contributed by atoms with Crippen molar-refractivity contribution in [2.45, 2.75) is 25.4 Å². The minimum absolute atomic E-state index is 0.0131. The number of hydrogen-bond donors (Lipinski definition) is 1. The Morgan fingerprint density at radius 3 is 2.61 bits per heavy atom. The van der Waals surface area contributed by atoms with Gasteiger partial charge in [-0.3, -0.25) is 0 Å². The van der Waals surface area contributed by atoms with Gasteiger partial charge >= 0.3 is 0 Å². The number of nitrogens with zero attached hydrogens (tertiary/aromatic N) is 1. The average Bonchev–Trinajstić information content (AvgIpc) is 2.55. The zero-order chi connectivity index (χ0) is 16.2. The molecule has 0 saturated heterocycles. The maximum Gasteiger partial charge on any atom is 0.165 e. The fourth-order valence-electron chi connectivity index (χ4n) is 3.39. The van der Waals surface area contributed by atoms with Gasteiger partial charge in [-0.1, -0.05) is 42.5 Å². The predicted octanol–water partition coefficient (Wildman–Crippen LogP) is 4.03. The van der Waals surface area contributed by atoms with Crippen LogP contribution in [-0.4, -0.2) is 30.6 Å². The lowest BCUT2D eigenvalue weighted by molar-refractivity contribution is 0.101. The largest absolute Gasteiger partial charge is 0.504 e. The normalized spacial score (nSPS) is 20.1. The molecule has 23 heavy (non-hydrogen) atoms. The van der Waals surface area contributed by atoms with Crippen molar-refractivity contribution in [2.75, 3.05) is 20.6 Å². The summed E-state index contributed by atoms with van der Waals surface area (Å²) in [4.78, 5) is 2.22. The van der Waals surface area contributed by atoms with Gasteiger partial charge in [0.2, 0.25) is 0 Å². The van der Waals surface area contributed by atoms with Gasteiger partial charge in [0.25, 0.3) is 0 Å². The fourth-order valence-corrected chi connectivity index (χ4v) is 3.39. The molecule has 2 atom stereocenters. The van der Waals surface area contributed by atoms with Gasteiger partial charge in [0, 0.05) is 5.92 Å². The van der Waals surface area contributed by atoms with Gasteiger partial charge in [0.1, 0.15) is 6.10 Å². The number of aromatic hydroxyl groups is 1. The van der Waals surface area contributed by atoms with Gasteiger partial charge in [-0.05, 0) is 57.1 Å². The molecular weight excluding hydrogens is 286 g/mol. The number of hydrogen-bond acceptors (Lipinski definition) is 3. The van der Waals surface area contributed by atoms with Crippen LogP contribution in [0.3, 0.4) is 0 Å². The molecule has 0 radical (unpaired) electrons. The number of phenolic OH excluding ortho intramolecular Hbond substituents is 1. The third-order valence-corrected chi connectivity index (χ3v) is 4.54. The number of para-hydroxylation sites is 1. The highest BCUT2D eigenvalue weighted by molar-refractivity contribution is 5.47. The van der Waals surface area contributed by atoms with Gasteiger partial charge in [0.05, 0.1) is 0 Å². The Bertz CT molecular complexity index is 639. The van der Waals surface area contributed by atoms with Crippen LogP contribution in [0.4, 0.5) is 0 Å². The molecule has 2 unspecified atom stereocenters. The molecule has 3 heteroatoms. The molecule has 0 amide bonds. The minimum Gasteiger partial charge on any atom is -0.504 e. The summed E-state index contributed by atoms with van der Waals surface area (Å²) in [7, 11) is 4.22. The average molecular weight is 311 g/mol. The fraction of sp³-hybridized carbons (Fsp3) is 0.400. The molecule has 0 saturated carbocycles. The second-order valence-electron chi connectivity index (χ2n) is 6.62. The van der Waals surface area contributed by atoms with Crippen LogP contribution in [0.5, 0.6) is 11.5 Å². The first kappa shape index (κ1) is 15.9. The van der Waals surface area contributed by atoms with Crippen LogP contribution in [0.1, 0.15) is 30.1 Å². The molecule has 1 aliphatic rings. The second-order valence-corrected chi connectivity index (χ2v) is 6.62. The zero-order valence-electron chi connectivity index (χ0n) is 13.9. The van der Waals surface area contributed by atoms with Crippen LogP contribution in [0.25, 0.3) is 0 Å². The second kappa shape index (κ2) is 7.05. The van der Waals surface area contributed by atoms with E-state index in [1.54, 1.807) is 6.07 Å². The molecule has 0 aliphatic carbocycles. The maximum atomic E-state index is 10.1. The Hall–Kier alpha value is -2.00. The molecule has 2 aromatic carbocycles. The molecule has 0 spiro atoms. The number of fused-ring (bicyclic) bond motifs is 1. The first-order valence-electron chi connectivity index (χ1n) is 8.32. The van der Waals surface area contributed by atoms with Crippen molar-refractivity contribution in [3.8, 4) is 11.5 Å². The third-order valence-electron chi connectivity index (χ3n) is 4.54. The van der Waals surface area contributed by atoms with Crippen molar-refractivity contribution in [1.82, 2.24) is 4.90 Å². The third kappa shape index (κ3) is 3.67. The lowest BCUT2D eigenvalue weighted by Gasteiger charge is -2.34. The molecule has 1 aliphatic heterocycles. The van der Waals surface area contributed by atoms with Crippen molar-refractivity contribution < 1.29 is 9.84 Å². The highest BCUT2D eigenvalue weighted by Gasteiger charge is 2.32. The molecule has 122 valence electrons. The summed E-state index contributed by atoms with van der Waals surface area (Å²) in [6, 6.07) is 16.0. The van der Waals surface area contributed by atoms with E-state index in [1.165, 1.54) is 5.56 Å². The highest BCUT2D eigenvalue weighted by atomic mass is 16.5. The zero-order valence-corrected chi connectivity index (χ0v) is 13.9. The number of phenols is 1. The summed E-state index contributed by atoms with van der Waals surface area (Å²) in [5, 5.41) is 10.1. The van der Waals surface area contributed by atoms with Crippen molar-refractivity contribution in [2.24, 2.45) is 5.92 Å². The van der Waals surface area contributed by atoms with E-state index in [0.29, 0.717) is 11.7 Å². The molecule has 1 heterocycles. The van der Waals surface area contributed by atoms with Crippen molar-refractivity contribution in [3.63, 3.8) is 0 Å². The van der Waals surface area contributed by atoms with Crippen LogP contribution in [-0.2, 0) is 6.42 Å². The van der Waals surface area contributed by atoms with Crippen LogP contribution < -0.4 is 4.74 Å². The van der Waals surface area contributed by atoms with Crippen LogP contribution >= 0.6 is 0 Å².